The predicted molar refractivity (Wildman–Crippen MR) is 181 cm³/mol. The maximum atomic E-state index is 13.9. The van der Waals surface area contributed by atoms with E-state index in [1.165, 1.54) is 42.6 Å². The van der Waals surface area contributed by atoms with Gasteiger partial charge in [0.2, 0.25) is 0 Å². The molecule has 4 heterocycles. The summed E-state index contributed by atoms with van der Waals surface area (Å²) >= 11 is 0. The molecule has 2 bridgehead atoms. The molecule has 2 aliphatic carbocycles. The number of ether oxygens (including phenoxy) is 1. The Morgan fingerprint density at radius 3 is 2.35 bits per heavy atom. The number of halogens is 1. The number of carbonyl (C=O) groups excluding carboxylic acids is 2. The number of carbonyl (C=O) groups is 2. The number of likely N-dealkylation sites (tertiary alicyclic amines) is 2. The molecule has 2 N–H and O–H groups in total. The van der Waals surface area contributed by atoms with Crippen LogP contribution in [0.1, 0.15) is 46.4 Å². The Morgan fingerprint density at radius 2 is 1.65 bits per heavy atom. The molecule has 0 radical (unpaired) electrons. The fourth-order valence-corrected chi connectivity index (χ4v) is 8.37. The van der Waals surface area contributed by atoms with Gasteiger partial charge in [-0.25, -0.2) is 9.37 Å². The van der Waals surface area contributed by atoms with E-state index in [4.69, 9.17) is 15.5 Å². The number of fused-ring (bicyclic) bond motifs is 4. The Labute approximate surface area is 278 Å². The zero-order valence-electron chi connectivity index (χ0n) is 27.0. The quantitative estimate of drug-likeness (QED) is 0.239. The van der Waals surface area contributed by atoms with Gasteiger partial charge in [-0.15, -0.1) is 0 Å². The molecule has 2 unspecified atom stereocenters. The molecule has 4 aliphatic rings. The fraction of sp³-hybridized carbons (Fsp3) is 0.395. The summed E-state index contributed by atoms with van der Waals surface area (Å²) < 4.78 is 24.1. The number of hydrogen-bond donors (Lipinski definition) is 1. The van der Waals surface area contributed by atoms with E-state index >= 15 is 0 Å². The van der Waals surface area contributed by atoms with Crippen molar-refractivity contribution < 1.29 is 18.7 Å². The van der Waals surface area contributed by atoms with Gasteiger partial charge in [-0.3, -0.25) is 9.59 Å². The SMILES string of the molecule is COc1cc(C(=O)N2CC3CCC2[C@@H]3N)cc2nc(-c3cc4ccccc4n3CC3CC3)n(CC3CN(C(=O)c4ccc(F)cc4)C3)c12. The van der Waals surface area contributed by atoms with Gasteiger partial charge in [-0.1, -0.05) is 18.2 Å². The van der Waals surface area contributed by atoms with Crippen LogP contribution in [0.3, 0.4) is 0 Å². The zero-order chi connectivity index (χ0) is 32.7. The molecule has 3 aromatic carbocycles. The van der Waals surface area contributed by atoms with Crippen LogP contribution in [0.5, 0.6) is 5.75 Å². The molecular formula is C38H39FN6O3. The third kappa shape index (κ3) is 4.79. The molecule has 5 aromatic rings. The van der Waals surface area contributed by atoms with Crippen molar-refractivity contribution in [2.45, 2.75) is 50.9 Å². The Balaban J connectivity index is 1.11. The van der Waals surface area contributed by atoms with Crippen molar-refractivity contribution >= 4 is 33.8 Å². The lowest BCUT2D eigenvalue weighted by atomic mass is 9.98. The molecule has 3 atom stereocenters. The lowest BCUT2D eigenvalue weighted by Crippen LogP contribution is -2.51. The lowest BCUT2D eigenvalue weighted by molar-refractivity contribution is 0.0471. The summed E-state index contributed by atoms with van der Waals surface area (Å²) in [4.78, 5) is 36.1. The average Bonchev–Trinajstić information content (AvgIpc) is 3.44. The van der Waals surface area contributed by atoms with Gasteiger partial charge in [-0.05, 0) is 86.1 Å². The molecule has 2 aromatic heterocycles. The summed E-state index contributed by atoms with van der Waals surface area (Å²) in [7, 11) is 1.64. The van der Waals surface area contributed by atoms with E-state index in [0.717, 1.165) is 41.8 Å². The average molecular weight is 647 g/mol. The zero-order valence-corrected chi connectivity index (χ0v) is 27.0. The number of amides is 2. The molecule has 2 amide bonds. The van der Waals surface area contributed by atoms with E-state index in [9.17, 15) is 14.0 Å². The van der Waals surface area contributed by atoms with Gasteiger partial charge in [0.15, 0.2) is 5.82 Å². The predicted octanol–water partition coefficient (Wildman–Crippen LogP) is 5.55. The normalized spacial score (nSPS) is 22.2. The number of nitrogens with two attached hydrogens (primary N) is 1. The van der Waals surface area contributed by atoms with Crippen molar-refractivity contribution in [1.29, 1.82) is 0 Å². The number of piperidine rings is 1. The molecule has 2 saturated heterocycles. The Morgan fingerprint density at radius 1 is 0.875 bits per heavy atom. The van der Waals surface area contributed by atoms with Gasteiger partial charge in [0, 0.05) is 72.8 Å². The van der Waals surface area contributed by atoms with Crippen molar-refractivity contribution in [3.63, 3.8) is 0 Å². The maximum absolute atomic E-state index is 13.9. The highest BCUT2D eigenvalue weighted by molar-refractivity contribution is 6.01. The molecule has 2 aliphatic heterocycles. The first kappa shape index (κ1) is 29.4. The van der Waals surface area contributed by atoms with Gasteiger partial charge in [0.1, 0.15) is 17.1 Å². The highest BCUT2D eigenvalue weighted by atomic mass is 19.1. The van der Waals surface area contributed by atoms with Gasteiger partial charge in [-0.2, -0.15) is 0 Å². The third-order valence-electron chi connectivity index (χ3n) is 11.1. The summed E-state index contributed by atoms with van der Waals surface area (Å²) in [5.41, 5.74) is 11.3. The van der Waals surface area contributed by atoms with Crippen LogP contribution in [0.25, 0.3) is 33.5 Å². The molecule has 48 heavy (non-hydrogen) atoms. The number of benzene rings is 3. The minimum Gasteiger partial charge on any atom is -0.494 e. The van der Waals surface area contributed by atoms with E-state index in [1.54, 1.807) is 7.11 Å². The van der Waals surface area contributed by atoms with Crippen molar-refractivity contribution in [2.75, 3.05) is 26.7 Å². The van der Waals surface area contributed by atoms with Gasteiger partial charge < -0.3 is 29.4 Å². The Hall–Kier alpha value is -4.70. The van der Waals surface area contributed by atoms with Gasteiger partial charge >= 0.3 is 0 Å². The minimum absolute atomic E-state index is 0.0225. The summed E-state index contributed by atoms with van der Waals surface area (Å²) in [5, 5.41) is 1.16. The van der Waals surface area contributed by atoms with Crippen LogP contribution in [0, 0.1) is 23.6 Å². The molecule has 4 fully saturated rings. The number of rotatable bonds is 8. The number of para-hydroxylation sites is 1. The van der Waals surface area contributed by atoms with Crippen molar-refractivity contribution in [2.24, 2.45) is 23.5 Å². The van der Waals surface area contributed by atoms with E-state index in [1.807, 2.05) is 21.9 Å². The second kappa shape index (κ2) is 11.2. The molecule has 2 saturated carbocycles. The van der Waals surface area contributed by atoms with Crippen LogP contribution in [0.4, 0.5) is 4.39 Å². The number of nitrogens with zero attached hydrogens (tertiary/aromatic N) is 5. The minimum atomic E-state index is -0.360. The second-order valence-corrected chi connectivity index (χ2v) is 14.3. The molecule has 9 nitrogen and oxygen atoms in total. The highest BCUT2D eigenvalue weighted by Gasteiger charge is 2.47. The maximum Gasteiger partial charge on any atom is 0.254 e. The Kier molecular flexibility index (Phi) is 6.86. The molecule has 246 valence electrons. The van der Waals surface area contributed by atoms with Crippen LogP contribution in [-0.2, 0) is 13.1 Å². The summed E-state index contributed by atoms with van der Waals surface area (Å²) in [6.07, 6.45) is 4.48. The summed E-state index contributed by atoms with van der Waals surface area (Å²) in [5.74, 6) is 2.15. The van der Waals surface area contributed by atoms with Crippen molar-refractivity contribution in [3.8, 4) is 17.3 Å². The van der Waals surface area contributed by atoms with Gasteiger partial charge in [0.05, 0.1) is 18.3 Å². The van der Waals surface area contributed by atoms with Crippen LogP contribution in [-0.4, -0.2) is 74.6 Å². The first-order valence-electron chi connectivity index (χ1n) is 17.1. The number of imidazole rings is 1. The largest absolute Gasteiger partial charge is 0.494 e. The van der Waals surface area contributed by atoms with Crippen LogP contribution >= 0.6 is 0 Å². The van der Waals surface area contributed by atoms with E-state index in [2.05, 4.69) is 39.5 Å². The number of methoxy groups -OCH3 is 1. The van der Waals surface area contributed by atoms with E-state index in [0.29, 0.717) is 60.4 Å². The van der Waals surface area contributed by atoms with Crippen LogP contribution < -0.4 is 10.5 Å². The second-order valence-electron chi connectivity index (χ2n) is 14.3. The fourth-order valence-electron chi connectivity index (χ4n) is 8.37. The number of aromatic nitrogens is 3. The van der Waals surface area contributed by atoms with Crippen LogP contribution in [0.15, 0.2) is 66.7 Å². The topological polar surface area (TPSA) is 98.6 Å². The van der Waals surface area contributed by atoms with E-state index in [-0.39, 0.29) is 35.6 Å². The van der Waals surface area contributed by atoms with Crippen LogP contribution in [0.2, 0.25) is 0 Å². The summed E-state index contributed by atoms with van der Waals surface area (Å²) in [6.45, 7) is 3.40. The monoisotopic (exact) mass is 646 g/mol. The summed E-state index contributed by atoms with van der Waals surface area (Å²) in [6, 6.07) is 20.3. The third-order valence-corrected chi connectivity index (χ3v) is 11.1. The van der Waals surface area contributed by atoms with Crippen molar-refractivity contribution in [3.05, 3.63) is 83.7 Å². The number of hydrogen-bond acceptors (Lipinski definition) is 5. The Bertz CT molecular complexity index is 2080. The van der Waals surface area contributed by atoms with Gasteiger partial charge in [0.25, 0.3) is 11.8 Å². The van der Waals surface area contributed by atoms with Crippen molar-refractivity contribution in [1.82, 2.24) is 23.9 Å². The first-order chi connectivity index (χ1) is 23.4. The molecule has 10 heteroatoms. The molecule has 9 rings (SSSR count). The molecule has 0 spiro atoms. The smallest absolute Gasteiger partial charge is 0.254 e. The first-order valence-corrected chi connectivity index (χ1v) is 17.1. The highest BCUT2D eigenvalue weighted by Crippen LogP contribution is 2.41. The molecular weight excluding hydrogens is 607 g/mol. The lowest BCUT2D eigenvalue weighted by Gasteiger charge is -2.39. The standard InChI is InChI=1S/C38H39FN6O3/c1-48-33-16-27(38(47)44-21-26-10-13-31(44)34(26)40)14-29-35(33)45(20-23-17-42(18-23)37(46)24-8-11-28(39)12-9-24)36(41-29)32-15-25-4-2-3-5-30(25)43(32)19-22-6-7-22/h2-5,8-9,11-12,14-16,22-23,26,31,34H,6-7,10,13,17-21,40H2,1H3/t26?,31?,34-/m1/s1. The van der Waals surface area contributed by atoms with E-state index < -0.39 is 0 Å².